The fourth-order valence-corrected chi connectivity index (χ4v) is 2.35. The number of aryl methyl sites for hydroxylation is 2. The summed E-state index contributed by atoms with van der Waals surface area (Å²) in [4.78, 5) is 12.0. The van der Waals surface area contributed by atoms with Crippen LogP contribution in [0.25, 0.3) is 0 Å². The van der Waals surface area contributed by atoms with Crippen LogP contribution in [-0.4, -0.2) is 15.8 Å². The van der Waals surface area contributed by atoms with Crippen LogP contribution in [0.15, 0.2) is 34.8 Å². The van der Waals surface area contributed by atoms with Crippen molar-refractivity contribution < 1.29 is 4.79 Å². The van der Waals surface area contributed by atoms with Crippen molar-refractivity contribution >= 4 is 27.8 Å². The fraction of sp³-hybridized carbons (Fsp3) is 0.286. The number of nitrogens with zero attached hydrogens (tertiary/aromatic N) is 2. The van der Waals surface area contributed by atoms with Gasteiger partial charge in [0.2, 0.25) is 0 Å². The maximum Gasteiger partial charge on any atom is 0.320 e. The summed E-state index contributed by atoms with van der Waals surface area (Å²) in [6.07, 6.45) is 0. The first-order valence-electron chi connectivity index (χ1n) is 6.29. The highest BCUT2D eigenvalue weighted by Crippen LogP contribution is 2.18. The molecule has 106 valence electrons. The van der Waals surface area contributed by atoms with Crippen molar-refractivity contribution in [3.05, 3.63) is 46.1 Å². The predicted molar refractivity (Wildman–Crippen MR) is 82.7 cm³/mol. The second-order valence-electron chi connectivity index (χ2n) is 4.67. The maximum absolute atomic E-state index is 12.0. The first kappa shape index (κ1) is 14.6. The van der Waals surface area contributed by atoms with Gasteiger partial charge in [0.15, 0.2) is 0 Å². The minimum atomic E-state index is -0.250. The van der Waals surface area contributed by atoms with Crippen molar-refractivity contribution in [3.8, 4) is 0 Å². The van der Waals surface area contributed by atoms with E-state index in [1.165, 1.54) is 0 Å². The standard InChI is InChI=1S/C14H17BrN4O/c1-9-7-13(19(3)18-9)17-14(20)16-10(2)11-5-4-6-12(15)8-11/h4-8,10H,1-3H3,(H2,16,17,20)/t10-/m0/s1. The third kappa shape index (κ3) is 3.60. The van der Waals surface area contributed by atoms with E-state index in [9.17, 15) is 4.79 Å². The molecule has 1 aromatic heterocycles. The molecule has 0 aliphatic heterocycles. The van der Waals surface area contributed by atoms with E-state index >= 15 is 0 Å². The highest BCUT2D eigenvalue weighted by Gasteiger charge is 2.11. The third-order valence-electron chi connectivity index (χ3n) is 2.94. The summed E-state index contributed by atoms with van der Waals surface area (Å²) < 4.78 is 2.63. The highest BCUT2D eigenvalue weighted by atomic mass is 79.9. The Hall–Kier alpha value is -1.82. The lowest BCUT2D eigenvalue weighted by atomic mass is 10.1. The Morgan fingerprint density at radius 3 is 2.75 bits per heavy atom. The second kappa shape index (κ2) is 6.09. The van der Waals surface area contributed by atoms with Gasteiger partial charge in [-0.05, 0) is 31.5 Å². The van der Waals surface area contributed by atoms with Gasteiger partial charge in [-0.1, -0.05) is 28.1 Å². The maximum atomic E-state index is 12.0. The zero-order valence-electron chi connectivity index (χ0n) is 11.6. The van der Waals surface area contributed by atoms with Gasteiger partial charge in [0.25, 0.3) is 0 Å². The molecule has 2 aromatic rings. The Morgan fingerprint density at radius 2 is 2.15 bits per heavy atom. The van der Waals surface area contributed by atoms with Gasteiger partial charge in [0, 0.05) is 17.6 Å². The molecule has 1 aromatic carbocycles. The summed E-state index contributed by atoms with van der Waals surface area (Å²) in [5, 5.41) is 9.86. The number of aromatic nitrogens is 2. The van der Waals surface area contributed by atoms with Gasteiger partial charge >= 0.3 is 6.03 Å². The van der Waals surface area contributed by atoms with E-state index in [2.05, 4.69) is 31.7 Å². The van der Waals surface area contributed by atoms with Gasteiger partial charge in [-0.2, -0.15) is 5.10 Å². The Balaban J connectivity index is 1.99. The van der Waals surface area contributed by atoms with Gasteiger partial charge < -0.3 is 5.32 Å². The van der Waals surface area contributed by atoms with E-state index in [-0.39, 0.29) is 12.1 Å². The van der Waals surface area contributed by atoms with Crippen LogP contribution in [0.3, 0.4) is 0 Å². The topological polar surface area (TPSA) is 59.0 Å². The molecule has 0 saturated heterocycles. The van der Waals surface area contributed by atoms with Crippen LogP contribution in [0.5, 0.6) is 0 Å². The zero-order valence-corrected chi connectivity index (χ0v) is 13.2. The highest BCUT2D eigenvalue weighted by molar-refractivity contribution is 9.10. The zero-order chi connectivity index (χ0) is 14.7. The molecule has 2 rings (SSSR count). The number of amides is 2. The molecule has 0 unspecified atom stereocenters. The van der Waals surface area contributed by atoms with Gasteiger partial charge in [0.1, 0.15) is 5.82 Å². The van der Waals surface area contributed by atoms with Crippen molar-refractivity contribution in [1.29, 1.82) is 0 Å². The van der Waals surface area contributed by atoms with E-state index in [0.717, 1.165) is 15.7 Å². The molecule has 0 radical (unpaired) electrons. The van der Waals surface area contributed by atoms with E-state index < -0.39 is 0 Å². The second-order valence-corrected chi connectivity index (χ2v) is 5.59. The van der Waals surface area contributed by atoms with Crippen molar-refractivity contribution in [2.45, 2.75) is 19.9 Å². The molecule has 2 amide bonds. The lowest BCUT2D eigenvalue weighted by Crippen LogP contribution is -2.31. The predicted octanol–water partition coefficient (Wildman–Crippen LogP) is 3.37. The molecule has 0 fully saturated rings. The number of hydrogen-bond donors (Lipinski definition) is 2. The van der Waals surface area contributed by atoms with Crippen LogP contribution in [0.1, 0.15) is 24.2 Å². The smallest absolute Gasteiger partial charge is 0.320 e. The Bertz CT molecular complexity index is 623. The molecule has 0 aliphatic rings. The summed E-state index contributed by atoms with van der Waals surface area (Å²) in [5.74, 6) is 0.668. The van der Waals surface area contributed by atoms with Crippen LogP contribution >= 0.6 is 15.9 Å². The Labute approximate surface area is 126 Å². The molecule has 2 N–H and O–H groups in total. The van der Waals surface area contributed by atoms with Crippen molar-refractivity contribution in [2.24, 2.45) is 7.05 Å². The minimum Gasteiger partial charge on any atom is -0.331 e. The first-order chi connectivity index (χ1) is 9.45. The summed E-state index contributed by atoms with van der Waals surface area (Å²) in [6.45, 7) is 3.82. The van der Waals surface area contributed by atoms with Gasteiger partial charge in [-0.25, -0.2) is 4.79 Å². The van der Waals surface area contributed by atoms with Crippen LogP contribution in [0.4, 0.5) is 10.6 Å². The largest absolute Gasteiger partial charge is 0.331 e. The number of carbonyl (C=O) groups is 1. The summed E-state index contributed by atoms with van der Waals surface area (Å²) in [5.41, 5.74) is 1.90. The Morgan fingerprint density at radius 1 is 1.40 bits per heavy atom. The normalized spacial score (nSPS) is 12.0. The molecule has 5 nitrogen and oxygen atoms in total. The first-order valence-corrected chi connectivity index (χ1v) is 7.08. The molecule has 6 heteroatoms. The molecule has 1 atom stereocenters. The molecule has 20 heavy (non-hydrogen) atoms. The number of halogens is 1. The van der Waals surface area contributed by atoms with Gasteiger partial charge in [-0.3, -0.25) is 10.00 Å². The molecule has 0 aliphatic carbocycles. The van der Waals surface area contributed by atoms with Crippen LogP contribution in [0, 0.1) is 6.92 Å². The summed E-state index contributed by atoms with van der Waals surface area (Å²) in [7, 11) is 1.79. The van der Waals surface area contributed by atoms with E-state index in [1.54, 1.807) is 11.7 Å². The monoisotopic (exact) mass is 336 g/mol. The van der Waals surface area contributed by atoms with Gasteiger partial charge in [-0.15, -0.1) is 0 Å². The SMILES string of the molecule is Cc1cc(NC(=O)N[C@@H](C)c2cccc(Br)c2)n(C)n1. The average molecular weight is 337 g/mol. The lowest BCUT2D eigenvalue weighted by Gasteiger charge is -2.15. The number of benzene rings is 1. The number of hydrogen-bond acceptors (Lipinski definition) is 2. The molecule has 0 spiro atoms. The fourth-order valence-electron chi connectivity index (χ4n) is 1.94. The molecular weight excluding hydrogens is 320 g/mol. The van der Waals surface area contributed by atoms with Gasteiger partial charge in [0.05, 0.1) is 11.7 Å². The molecular formula is C14H17BrN4O. The third-order valence-corrected chi connectivity index (χ3v) is 3.43. The molecule has 1 heterocycles. The van der Waals surface area contributed by atoms with E-state index in [0.29, 0.717) is 5.82 Å². The summed E-state index contributed by atoms with van der Waals surface area (Å²) >= 11 is 3.42. The quantitative estimate of drug-likeness (QED) is 0.902. The summed E-state index contributed by atoms with van der Waals surface area (Å²) in [6, 6.07) is 9.35. The van der Waals surface area contributed by atoms with Crippen LogP contribution in [-0.2, 0) is 7.05 Å². The number of urea groups is 1. The lowest BCUT2D eigenvalue weighted by molar-refractivity contribution is 0.249. The average Bonchev–Trinajstić information content (AvgIpc) is 2.67. The van der Waals surface area contributed by atoms with E-state index in [4.69, 9.17) is 0 Å². The van der Waals surface area contributed by atoms with Crippen molar-refractivity contribution in [2.75, 3.05) is 5.32 Å². The van der Waals surface area contributed by atoms with Crippen molar-refractivity contribution in [1.82, 2.24) is 15.1 Å². The molecule has 0 saturated carbocycles. The molecule has 0 bridgehead atoms. The van der Waals surface area contributed by atoms with Crippen LogP contribution in [0.2, 0.25) is 0 Å². The number of anilines is 1. The number of carbonyl (C=O) groups excluding carboxylic acids is 1. The van der Waals surface area contributed by atoms with E-state index in [1.807, 2.05) is 44.2 Å². The minimum absolute atomic E-state index is 0.0816. The number of rotatable bonds is 3. The van der Waals surface area contributed by atoms with Crippen molar-refractivity contribution in [3.63, 3.8) is 0 Å². The Kier molecular flexibility index (Phi) is 4.44. The van der Waals surface area contributed by atoms with Crippen LogP contribution < -0.4 is 10.6 Å². The number of nitrogens with one attached hydrogen (secondary N) is 2.